The van der Waals surface area contributed by atoms with Gasteiger partial charge in [-0.2, -0.15) is 9.78 Å². The fraction of sp³-hybridized carbons (Fsp3) is 0.364. The van der Waals surface area contributed by atoms with Gasteiger partial charge in [0.1, 0.15) is 0 Å². The fourth-order valence-electron chi connectivity index (χ4n) is 1.68. The molecule has 2 rings (SSSR count). The zero-order valence-corrected chi connectivity index (χ0v) is 12.2. The maximum absolute atomic E-state index is 11.8. The lowest BCUT2D eigenvalue weighted by molar-refractivity contribution is -0.389. The van der Waals surface area contributed by atoms with Crippen molar-refractivity contribution in [1.29, 1.82) is 0 Å². The first-order valence-electron chi connectivity index (χ1n) is 6.04. The van der Waals surface area contributed by atoms with Gasteiger partial charge in [-0.25, -0.2) is 0 Å². The van der Waals surface area contributed by atoms with Crippen LogP contribution in [-0.4, -0.2) is 30.4 Å². The second-order valence-corrected chi connectivity index (χ2v) is 4.79. The normalized spacial score (nSPS) is 10.6. The summed E-state index contributed by atoms with van der Waals surface area (Å²) in [5.41, 5.74) is 1.47. The topological polar surface area (TPSA) is 108 Å². The molecular weight excluding hydrogens is 300 g/mol. The summed E-state index contributed by atoms with van der Waals surface area (Å²) in [6.07, 6.45) is 2.99. The highest BCUT2D eigenvalue weighted by Gasteiger charge is 2.19. The van der Waals surface area contributed by atoms with E-state index in [4.69, 9.17) is 11.6 Å². The van der Waals surface area contributed by atoms with Crippen LogP contribution in [0.1, 0.15) is 12.1 Å². The third-order valence-corrected chi connectivity index (χ3v) is 3.22. The van der Waals surface area contributed by atoms with Crippen LogP contribution in [-0.2, 0) is 18.4 Å². The minimum Gasteiger partial charge on any atom is -0.358 e. The number of hydrogen-bond acceptors (Lipinski definition) is 5. The van der Waals surface area contributed by atoms with E-state index in [1.165, 1.54) is 10.9 Å². The maximum Gasteiger partial charge on any atom is 0.408 e. The molecule has 0 bridgehead atoms. The van der Waals surface area contributed by atoms with Crippen molar-refractivity contribution in [1.82, 2.24) is 19.6 Å². The molecule has 21 heavy (non-hydrogen) atoms. The van der Waals surface area contributed by atoms with E-state index in [0.717, 1.165) is 5.69 Å². The van der Waals surface area contributed by atoms with Crippen molar-refractivity contribution in [3.63, 3.8) is 0 Å². The molecule has 10 heteroatoms. The Kier molecular flexibility index (Phi) is 4.22. The van der Waals surface area contributed by atoms with Gasteiger partial charge in [-0.05, 0) is 11.8 Å². The standard InChI is InChI=1S/C11H13ClN6O3/c1-7-9(5-13-16(7)2)14-10(19)3-4-17-6-8(12)11(15-17)18(20)21/h5-6H,3-4H2,1-2H3,(H,14,19). The minimum atomic E-state index is -0.669. The zero-order valence-electron chi connectivity index (χ0n) is 11.4. The van der Waals surface area contributed by atoms with Crippen LogP contribution in [0.25, 0.3) is 0 Å². The molecular formula is C11H13ClN6O3. The average Bonchev–Trinajstić information content (AvgIpc) is 2.94. The Labute approximate surface area is 124 Å². The Hall–Kier alpha value is -2.42. The number of nitrogens with zero attached hydrogens (tertiary/aromatic N) is 5. The van der Waals surface area contributed by atoms with Crippen molar-refractivity contribution in [3.8, 4) is 0 Å². The molecule has 1 amide bonds. The number of hydrogen-bond donors (Lipinski definition) is 1. The Morgan fingerprint density at radius 1 is 1.57 bits per heavy atom. The number of amides is 1. The lowest BCUT2D eigenvalue weighted by atomic mass is 10.3. The summed E-state index contributed by atoms with van der Waals surface area (Å²) in [5.74, 6) is -0.652. The zero-order chi connectivity index (χ0) is 15.6. The van der Waals surface area contributed by atoms with Crippen LogP contribution in [0.15, 0.2) is 12.4 Å². The van der Waals surface area contributed by atoms with Gasteiger partial charge in [0.15, 0.2) is 5.02 Å². The number of aromatic nitrogens is 4. The highest BCUT2D eigenvalue weighted by molar-refractivity contribution is 6.32. The van der Waals surface area contributed by atoms with E-state index in [0.29, 0.717) is 5.69 Å². The predicted molar refractivity (Wildman–Crippen MR) is 75.1 cm³/mol. The Balaban J connectivity index is 1.94. The Morgan fingerprint density at radius 2 is 2.29 bits per heavy atom. The van der Waals surface area contributed by atoms with Gasteiger partial charge >= 0.3 is 5.82 Å². The number of nitro groups is 1. The van der Waals surface area contributed by atoms with Gasteiger partial charge in [-0.1, -0.05) is 11.6 Å². The van der Waals surface area contributed by atoms with Gasteiger partial charge in [-0.15, -0.1) is 0 Å². The van der Waals surface area contributed by atoms with Gasteiger partial charge in [0.05, 0.1) is 35.4 Å². The number of carbonyl (C=O) groups is 1. The minimum absolute atomic E-state index is 0.0523. The van der Waals surface area contributed by atoms with E-state index in [9.17, 15) is 14.9 Å². The third kappa shape index (κ3) is 3.37. The van der Waals surface area contributed by atoms with Crippen LogP contribution in [0.2, 0.25) is 5.02 Å². The molecule has 2 aromatic rings. The highest BCUT2D eigenvalue weighted by atomic mass is 35.5. The van der Waals surface area contributed by atoms with Crippen LogP contribution in [0.3, 0.4) is 0 Å². The number of aryl methyl sites for hydroxylation is 2. The van der Waals surface area contributed by atoms with Crippen molar-refractivity contribution in [2.45, 2.75) is 19.9 Å². The van der Waals surface area contributed by atoms with Crippen LogP contribution in [0.5, 0.6) is 0 Å². The second kappa shape index (κ2) is 5.92. The molecule has 0 aromatic carbocycles. The summed E-state index contributed by atoms with van der Waals surface area (Å²) in [6, 6.07) is 0. The molecule has 2 heterocycles. The Morgan fingerprint density at radius 3 is 2.81 bits per heavy atom. The van der Waals surface area contributed by atoms with Gasteiger partial charge in [0.25, 0.3) is 0 Å². The summed E-state index contributed by atoms with van der Waals surface area (Å²) in [5, 5.41) is 21.0. The summed E-state index contributed by atoms with van der Waals surface area (Å²) in [6.45, 7) is 2.03. The SMILES string of the molecule is Cc1c(NC(=O)CCn2cc(Cl)c([N+](=O)[O-])n2)cnn1C. The molecule has 1 N–H and O–H groups in total. The molecule has 112 valence electrons. The van der Waals surface area contributed by atoms with Gasteiger partial charge in [-0.3, -0.25) is 9.48 Å². The van der Waals surface area contributed by atoms with Gasteiger partial charge in [0.2, 0.25) is 5.91 Å². The number of anilines is 1. The molecule has 9 nitrogen and oxygen atoms in total. The summed E-state index contributed by atoms with van der Waals surface area (Å²) in [4.78, 5) is 21.8. The van der Waals surface area contributed by atoms with E-state index in [1.54, 1.807) is 17.9 Å². The number of halogens is 1. The highest BCUT2D eigenvalue weighted by Crippen LogP contribution is 2.21. The lowest BCUT2D eigenvalue weighted by Gasteiger charge is -2.03. The fourth-order valence-corrected chi connectivity index (χ4v) is 1.89. The van der Waals surface area contributed by atoms with Crippen LogP contribution < -0.4 is 5.32 Å². The molecule has 0 saturated carbocycles. The number of rotatable bonds is 5. The second-order valence-electron chi connectivity index (χ2n) is 4.39. The first-order valence-corrected chi connectivity index (χ1v) is 6.42. The van der Waals surface area contributed by atoms with E-state index >= 15 is 0 Å². The average molecular weight is 313 g/mol. The predicted octanol–water partition coefficient (Wildman–Crippen LogP) is 1.52. The lowest BCUT2D eigenvalue weighted by Crippen LogP contribution is -2.15. The molecule has 0 aliphatic heterocycles. The molecule has 0 radical (unpaired) electrons. The van der Waals surface area contributed by atoms with Crippen molar-refractivity contribution in [2.24, 2.45) is 7.05 Å². The van der Waals surface area contributed by atoms with Crippen molar-refractivity contribution < 1.29 is 9.72 Å². The first kappa shape index (κ1) is 15.0. The van der Waals surface area contributed by atoms with Gasteiger partial charge in [0, 0.05) is 13.5 Å². The largest absolute Gasteiger partial charge is 0.408 e. The molecule has 0 atom stereocenters. The van der Waals surface area contributed by atoms with Crippen LogP contribution >= 0.6 is 11.6 Å². The summed E-state index contributed by atoms with van der Waals surface area (Å²) >= 11 is 5.67. The number of nitrogens with one attached hydrogen (secondary N) is 1. The first-order chi connectivity index (χ1) is 9.88. The molecule has 2 aromatic heterocycles. The van der Waals surface area contributed by atoms with E-state index in [1.807, 2.05) is 6.92 Å². The van der Waals surface area contributed by atoms with E-state index in [2.05, 4.69) is 15.5 Å². The van der Waals surface area contributed by atoms with E-state index in [-0.39, 0.29) is 23.9 Å². The van der Waals surface area contributed by atoms with Crippen molar-refractivity contribution in [3.05, 3.63) is 33.2 Å². The van der Waals surface area contributed by atoms with Gasteiger partial charge < -0.3 is 15.4 Å². The molecule has 0 spiro atoms. The van der Waals surface area contributed by atoms with Crippen LogP contribution in [0, 0.1) is 17.0 Å². The molecule has 0 unspecified atom stereocenters. The van der Waals surface area contributed by atoms with E-state index < -0.39 is 10.7 Å². The molecule has 0 saturated heterocycles. The quantitative estimate of drug-likeness (QED) is 0.665. The smallest absolute Gasteiger partial charge is 0.358 e. The Bertz CT molecular complexity index is 692. The van der Waals surface area contributed by atoms with Crippen molar-refractivity contribution >= 4 is 29.0 Å². The van der Waals surface area contributed by atoms with Crippen LogP contribution in [0.4, 0.5) is 11.5 Å². The summed E-state index contributed by atoms with van der Waals surface area (Å²) in [7, 11) is 1.77. The molecule has 0 aliphatic rings. The number of carbonyl (C=O) groups excluding carboxylic acids is 1. The molecule has 0 aliphatic carbocycles. The maximum atomic E-state index is 11.8. The summed E-state index contributed by atoms with van der Waals surface area (Å²) < 4.78 is 2.92. The molecule has 0 fully saturated rings. The monoisotopic (exact) mass is 312 g/mol. The third-order valence-electron chi connectivity index (χ3n) is 2.95. The van der Waals surface area contributed by atoms with Crippen molar-refractivity contribution in [2.75, 3.05) is 5.32 Å².